The average molecular weight is 201 g/mol. The van der Waals surface area contributed by atoms with Crippen LogP contribution in [0, 0.1) is 11.3 Å². The van der Waals surface area contributed by atoms with Crippen LogP contribution in [0.2, 0.25) is 0 Å². The van der Waals surface area contributed by atoms with Crippen molar-refractivity contribution in [2.24, 2.45) is 5.92 Å². The van der Waals surface area contributed by atoms with Crippen LogP contribution in [0.1, 0.15) is 19.3 Å². The Kier molecular flexibility index (Phi) is 7.68. The Morgan fingerprint density at radius 1 is 1.43 bits per heavy atom. The van der Waals surface area contributed by atoms with Gasteiger partial charge in [-0.15, -0.1) is 0 Å². The first kappa shape index (κ1) is 12.8. The molecule has 0 aliphatic carbocycles. The van der Waals surface area contributed by atoms with Gasteiger partial charge in [-0.25, -0.2) is 4.89 Å². The molecule has 0 aromatic heterocycles. The number of hydrogen-bond donors (Lipinski definition) is 3. The average Bonchev–Trinajstić information content (AvgIpc) is 2.16. The van der Waals surface area contributed by atoms with Crippen LogP contribution in [0.3, 0.4) is 0 Å². The van der Waals surface area contributed by atoms with Crippen LogP contribution in [0.25, 0.3) is 0 Å². The Morgan fingerprint density at radius 2 is 2.07 bits per heavy atom. The summed E-state index contributed by atoms with van der Waals surface area (Å²) in [5.41, 5.74) is 0. The minimum Gasteiger partial charge on any atom is -0.481 e. The zero-order chi connectivity index (χ0) is 10.8. The predicted octanol–water partition coefficient (Wildman–Crippen LogP) is 1.55. The van der Waals surface area contributed by atoms with Crippen LogP contribution in [0.5, 0.6) is 0 Å². The van der Waals surface area contributed by atoms with Crippen molar-refractivity contribution in [1.82, 2.24) is 0 Å². The van der Waals surface area contributed by atoms with E-state index in [9.17, 15) is 4.79 Å². The van der Waals surface area contributed by atoms with E-state index in [4.69, 9.17) is 15.8 Å². The highest BCUT2D eigenvalue weighted by atomic mass is 17.1. The van der Waals surface area contributed by atoms with Crippen molar-refractivity contribution in [3.05, 3.63) is 12.2 Å². The molecule has 14 heavy (non-hydrogen) atoms. The van der Waals surface area contributed by atoms with Gasteiger partial charge in [-0.2, -0.15) is 0 Å². The molecule has 0 saturated heterocycles. The van der Waals surface area contributed by atoms with E-state index in [1.807, 2.05) is 6.08 Å². The quantitative estimate of drug-likeness (QED) is 0.183. The summed E-state index contributed by atoms with van der Waals surface area (Å²) in [5.74, 6) is -1.67. The molecular formula is C9H15NO4. The molecule has 0 aliphatic heterocycles. The van der Waals surface area contributed by atoms with Crippen LogP contribution >= 0.6 is 0 Å². The Morgan fingerprint density at radius 3 is 2.57 bits per heavy atom. The maximum absolute atomic E-state index is 10.5. The Labute approximate surface area is 82.4 Å². The molecule has 80 valence electrons. The second-order valence-electron chi connectivity index (χ2n) is 2.78. The second kappa shape index (κ2) is 8.40. The lowest BCUT2D eigenvalue weighted by atomic mass is 10.1. The van der Waals surface area contributed by atoms with Gasteiger partial charge in [-0.3, -0.25) is 10.1 Å². The van der Waals surface area contributed by atoms with E-state index in [1.165, 1.54) is 0 Å². The molecule has 0 radical (unpaired) electrons. The van der Waals surface area contributed by atoms with Crippen LogP contribution in [0.15, 0.2) is 12.2 Å². The molecule has 1 unspecified atom stereocenters. The smallest absolute Gasteiger partial charge is 0.311 e. The van der Waals surface area contributed by atoms with Crippen molar-refractivity contribution in [2.75, 3.05) is 6.61 Å². The number of nitrogens with one attached hydrogen (secondary N) is 1. The van der Waals surface area contributed by atoms with E-state index in [1.54, 1.807) is 6.08 Å². The SMILES string of the molecule is N=CC(CCC=CCCOO)C(=O)O. The fourth-order valence-corrected chi connectivity index (χ4v) is 0.910. The van der Waals surface area contributed by atoms with Gasteiger partial charge < -0.3 is 10.5 Å². The van der Waals surface area contributed by atoms with Crippen molar-refractivity contribution < 1.29 is 20.0 Å². The minimum atomic E-state index is -0.966. The summed E-state index contributed by atoms with van der Waals surface area (Å²) in [6, 6.07) is 0. The molecule has 0 heterocycles. The van der Waals surface area contributed by atoms with Gasteiger partial charge in [0.05, 0.1) is 12.5 Å². The van der Waals surface area contributed by atoms with Crippen molar-refractivity contribution >= 4 is 12.2 Å². The van der Waals surface area contributed by atoms with E-state index in [0.29, 0.717) is 19.3 Å². The van der Waals surface area contributed by atoms with E-state index < -0.39 is 11.9 Å². The number of allylic oxidation sites excluding steroid dienone is 1. The molecule has 0 saturated carbocycles. The maximum atomic E-state index is 10.5. The number of carboxylic acids is 1. The topological polar surface area (TPSA) is 90.6 Å². The Hall–Kier alpha value is -1.20. The lowest BCUT2D eigenvalue weighted by Gasteiger charge is -2.02. The van der Waals surface area contributed by atoms with Crippen molar-refractivity contribution in [3.63, 3.8) is 0 Å². The summed E-state index contributed by atoms with van der Waals surface area (Å²) in [7, 11) is 0. The molecule has 0 rings (SSSR count). The van der Waals surface area contributed by atoms with E-state index >= 15 is 0 Å². The largest absolute Gasteiger partial charge is 0.481 e. The molecule has 0 aromatic rings. The number of carboxylic acid groups (broad SMARTS) is 1. The first-order chi connectivity index (χ1) is 6.72. The molecule has 1 atom stereocenters. The van der Waals surface area contributed by atoms with E-state index in [2.05, 4.69) is 4.89 Å². The predicted molar refractivity (Wildman–Crippen MR) is 51.5 cm³/mol. The van der Waals surface area contributed by atoms with Crippen molar-refractivity contribution in [1.29, 1.82) is 5.41 Å². The zero-order valence-electron chi connectivity index (χ0n) is 7.85. The first-order valence-electron chi connectivity index (χ1n) is 4.37. The van der Waals surface area contributed by atoms with Gasteiger partial charge in [0.25, 0.3) is 0 Å². The molecule has 5 nitrogen and oxygen atoms in total. The van der Waals surface area contributed by atoms with Gasteiger partial charge in [0.15, 0.2) is 0 Å². The molecule has 0 aliphatic rings. The van der Waals surface area contributed by atoms with Gasteiger partial charge in [-0.1, -0.05) is 12.2 Å². The fraction of sp³-hybridized carbons (Fsp3) is 0.556. The lowest BCUT2D eigenvalue weighted by Crippen LogP contribution is -2.13. The monoisotopic (exact) mass is 201 g/mol. The maximum Gasteiger partial charge on any atom is 0.311 e. The Bertz CT molecular complexity index is 203. The summed E-state index contributed by atoms with van der Waals surface area (Å²) in [5, 5.41) is 23.4. The van der Waals surface area contributed by atoms with Crippen LogP contribution in [0.4, 0.5) is 0 Å². The zero-order valence-corrected chi connectivity index (χ0v) is 7.85. The number of carbonyl (C=O) groups is 1. The molecule has 0 spiro atoms. The molecule has 5 heteroatoms. The third-order valence-electron chi connectivity index (χ3n) is 1.71. The van der Waals surface area contributed by atoms with Crippen LogP contribution < -0.4 is 0 Å². The van der Waals surface area contributed by atoms with Crippen molar-refractivity contribution in [3.8, 4) is 0 Å². The normalized spacial score (nSPS) is 12.9. The summed E-state index contributed by atoms with van der Waals surface area (Å²) in [6.07, 6.45) is 6.19. The molecule has 0 bridgehead atoms. The van der Waals surface area contributed by atoms with Crippen molar-refractivity contribution in [2.45, 2.75) is 19.3 Å². The summed E-state index contributed by atoms with van der Waals surface area (Å²) < 4.78 is 0. The van der Waals surface area contributed by atoms with E-state index in [0.717, 1.165) is 6.21 Å². The number of hydrogen-bond acceptors (Lipinski definition) is 4. The summed E-state index contributed by atoms with van der Waals surface area (Å²) >= 11 is 0. The third-order valence-corrected chi connectivity index (χ3v) is 1.71. The fourth-order valence-electron chi connectivity index (χ4n) is 0.910. The molecule has 0 aromatic carbocycles. The van der Waals surface area contributed by atoms with Gasteiger partial charge >= 0.3 is 5.97 Å². The standard InChI is InChI=1S/C9H15NO4/c10-7-8(9(11)12)5-3-1-2-4-6-14-13/h1-2,7-8,10,13H,3-6H2,(H,11,12). The highest BCUT2D eigenvalue weighted by molar-refractivity contribution is 5.87. The van der Waals surface area contributed by atoms with E-state index in [-0.39, 0.29) is 6.61 Å². The second-order valence-corrected chi connectivity index (χ2v) is 2.78. The van der Waals surface area contributed by atoms with Gasteiger partial charge in [0.2, 0.25) is 0 Å². The number of aliphatic carboxylic acids is 1. The molecule has 0 fully saturated rings. The first-order valence-corrected chi connectivity index (χ1v) is 4.37. The molecule has 3 N–H and O–H groups in total. The van der Waals surface area contributed by atoms with Gasteiger partial charge in [0.1, 0.15) is 0 Å². The highest BCUT2D eigenvalue weighted by Crippen LogP contribution is 2.04. The number of rotatable bonds is 8. The van der Waals surface area contributed by atoms with Gasteiger partial charge in [0, 0.05) is 6.21 Å². The summed E-state index contributed by atoms with van der Waals surface area (Å²) in [4.78, 5) is 14.3. The molecular weight excluding hydrogens is 186 g/mol. The third kappa shape index (κ3) is 6.33. The molecule has 0 amide bonds. The lowest BCUT2D eigenvalue weighted by molar-refractivity contribution is -0.240. The Balaban J connectivity index is 3.55. The van der Waals surface area contributed by atoms with Gasteiger partial charge in [-0.05, 0) is 19.3 Å². The summed E-state index contributed by atoms with van der Waals surface area (Å²) in [6.45, 7) is 0.240. The minimum absolute atomic E-state index is 0.240. The van der Waals surface area contributed by atoms with Crippen LogP contribution in [-0.2, 0) is 9.68 Å². The van der Waals surface area contributed by atoms with Crippen LogP contribution in [-0.4, -0.2) is 29.2 Å². The highest BCUT2D eigenvalue weighted by Gasteiger charge is 2.11.